The van der Waals surface area contributed by atoms with Crippen LogP contribution < -0.4 is 10.5 Å². The minimum absolute atomic E-state index is 0.262. The lowest BCUT2D eigenvalue weighted by molar-refractivity contribution is 0.340. The molecular formula is C21H27NO2. The lowest BCUT2D eigenvalue weighted by Crippen LogP contribution is -2.45. The maximum absolute atomic E-state index is 11.6. The first kappa shape index (κ1) is 15.7. The summed E-state index contributed by atoms with van der Waals surface area (Å²) in [5.74, 6) is 0. The van der Waals surface area contributed by atoms with E-state index in [1.807, 2.05) is 6.07 Å². The Labute approximate surface area is 143 Å². The molecule has 0 amide bonds. The number of anilines is 1. The molecule has 0 radical (unpaired) electrons. The summed E-state index contributed by atoms with van der Waals surface area (Å²) in [4.78, 5) is 14.3. The number of benzene rings is 1. The van der Waals surface area contributed by atoms with E-state index >= 15 is 0 Å². The summed E-state index contributed by atoms with van der Waals surface area (Å²) in [6.45, 7) is 0. The minimum Gasteiger partial charge on any atom is -0.423 e. The highest BCUT2D eigenvalue weighted by Crippen LogP contribution is 2.35. The van der Waals surface area contributed by atoms with E-state index in [0.29, 0.717) is 12.1 Å². The van der Waals surface area contributed by atoms with E-state index in [0.717, 1.165) is 11.0 Å². The van der Waals surface area contributed by atoms with Crippen LogP contribution in [0.5, 0.6) is 0 Å². The SMILES string of the molecule is O=c1ccc2ccc(N(C3CCCCC3)C3CCCCC3)cc2o1. The number of hydrogen-bond donors (Lipinski definition) is 0. The van der Waals surface area contributed by atoms with Crippen LogP contribution in [0.2, 0.25) is 0 Å². The Morgan fingerprint density at radius 2 is 1.38 bits per heavy atom. The summed E-state index contributed by atoms with van der Waals surface area (Å²) >= 11 is 0. The minimum atomic E-state index is -0.262. The van der Waals surface area contributed by atoms with Gasteiger partial charge in [-0.2, -0.15) is 0 Å². The fourth-order valence-corrected chi connectivity index (χ4v) is 4.65. The smallest absolute Gasteiger partial charge is 0.336 e. The van der Waals surface area contributed by atoms with Gasteiger partial charge in [-0.1, -0.05) is 38.5 Å². The predicted molar refractivity (Wildman–Crippen MR) is 98.7 cm³/mol. The van der Waals surface area contributed by atoms with Gasteiger partial charge in [0, 0.05) is 35.3 Å². The average molecular weight is 325 g/mol. The van der Waals surface area contributed by atoms with Gasteiger partial charge in [0.15, 0.2) is 0 Å². The van der Waals surface area contributed by atoms with Gasteiger partial charge in [0.1, 0.15) is 5.58 Å². The van der Waals surface area contributed by atoms with Crippen molar-refractivity contribution in [2.45, 2.75) is 76.3 Å². The van der Waals surface area contributed by atoms with E-state index < -0.39 is 0 Å². The largest absolute Gasteiger partial charge is 0.423 e. The van der Waals surface area contributed by atoms with E-state index in [1.165, 1.54) is 76.0 Å². The molecule has 0 unspecified atom stereocenters. The van der Waals surface area contributed by atoms with E-state index in [9.17, 15) is 4.79 Å². The van der Waals surface area contributed by atoms with Crippen LogP contribution >= 0.6 is 0 Å². The molecule has 0 N–H and O–H groups in total. The molecule has 24 heavy (non-hydrogen) atoms. The van der Waals surface area contributed by atoms with Crippen LogP contribution in [0.25, 0.3) is 11.0 Å². The quantitative estimate of drug-likeness (QED) is 0.721. The van der Waals surface area contributed by atoms with E-state index in [1.54, 1.807) is 0 Å². The van der Waals surface area contributed by atoms with Crippen LogP contribution in [-0.4, -0.2) is 12.1 Å². The van der Waals surface area contributed by atoms with Crippen molar-refractivity contribution in [3.63, 3.8) is 0 Å². The van der Waals surface area contributed by atoms with Crippen molar-refractivity contribution in [1.82, 2.24) is 0 Å². The monoisotopic (exact) mass is 325 g/mol. The van der Waals surface area contributed by atoms with Crippen molar-refractivity contribution in [3.8, 4) is 0 Å². The highest BCUT2D eigenvalue weighted by atomic mass is 16.4. The summed E-state index contributed by atoms with van der Waals surface area (Å²) < 4.78 is 5.44. The molecule has 128 valence electrons. The maximum Gasteiger partial charge on any atom is 0.336 e. The van der Waals surface area contributed by atoms with Gasteiger partial charge in [0.05, 0.1) is 0 Å². The summed E-state index contributed by atoms with van der Waals surface area (Å²) in [6.07, 6.45) is 13.3. The first-order valence-corrected chi connectivity index (χ1v) is 9.63. The van der Waals surface area contributed by atoms with Gasteiger partial charge in [0.2, 0.25) is 0 Å². The standard InChI is InChI=1S/C21H27NO2/c23-21-14-12-16-11-13-19(15-20(16)24-21)22(17-7-3-1-4-8-17)18-9-5-2-6-10-18/h11-15,17-18H,1-10H2. The second-order valence-electron chi connectivity index (χ2n) is 7.47. The van der Waals surface area contributed by atoms with Gasteiger partial charge in [-0.25, -0.2) is 4.79 Å². The summed E-state index contributed by atoms with van der Waals surface area (Å²) in [7, 11) is 0. The topological polar surface area (TPSA) is 33.5 Å². The van der Waals surface area contributed by atoms with Crippen LogP contribution in [0, 0.1) is 0 Å². The molecule has 2 aliphatic rings. The zero-order chi connectivity index (χ0) is 16.4. The van der Waals surface area contributed by atoms with Crippen molar-refractivity contribution in [2.24, 2.45) is 0 Å². The number of rotatable bonds is 3. The van der Waals surface area contributed by atoms with Crippen LogP contribution in [-0.2, 0) is 0 Å². The highest BCUT2D eigenvalue weighted by Gasteiger charge is 2.29. The van der Waals surface area contributed by atoms with Crippen LogP contribution in [0.1, 0.15) is 64.2 Å². The second kappa shape index (κ2) is 7.00. The van der Waals surface area contributed by atoms with Gasteiger partial charge in [-0.05, 0) is 43.9 Å². The van der Waals surface area contributed by atoms with E-state index in [2.05, 4.69) is 23.1 Å². The molecule has 2 saturated carbocycles. The third-order valence-corrected chi connectivity index (χ3v) is 5.84. The highest BCUT2D eigenvalue weighted by molar-refractivity contribution is 5.80. The van der Waals surface area contributed by atoms with Gasteiger partial charge < -0.3 is 9.32 Å². The van der Waals surface area contributed by atoms with Gasteiger partial charge >= 0.3 is 5.63 Å². The molecule has 4 rings (SSSR count). The molecular weight excluding hydrogens is 298 g/mol. The van der Waals surface area contributed by atoms with Crippen molar-refractivity contribution < 1.29 is 4.42 Å². The first-order valence-electron chi connectivity index (χ1n) is 9.63. The third kappa shape index (κ3) is 3.22. The van der Waals surface area contributed by atoms with Crippen LogP contribution in [0.3, 0.4) is 0 Å². The van der Waals surface area contributed by atoms with Crippen molar-refractivity contribution in [2.75, 3.05) is 4.90 Å². The Balaban J connectivity index is 1.72. The fourth-order valence-electron chi connectivity index (χ4n) is 4.65. The van der Waals surface area contributed by atoms with E-state index in [4.69, 9.17) is 4.42 Å². The van der Waals surface area contributed by atoms with Crippen molar-refractivity contribution in [1.29, 1.82) is 0 Å². The summed E-state index contributed by atoms with van der Waals surface area (Å²) in [5.41, 5.74) is 1.70. The molecule has 3 heteroatoms. The van der Waals surface area contributed by atoms with Crippen LogP contribution in [0.4, 0.5) is 5.69 Å². The summed E-state index contributed by atoms with van der Waals surface area (Å²) in [6, 6.07) is 11.1. The maximum atomic E-state index is 11.6. The van der Waals surface area contributed by atoms with Crippen molar-refractivity contribution >= 4 is 16.7 Å². The predicted octanol–water partition coefficient (Wildman–Crippen LogP) is 5.26. The van der Waals surface area contributed by atoms with Crippen molar-refractivity contribution in [3.05, 3.63) is 40.8 Å². The molecule has 0 spiro atoms. The second-order valence-corrected chi connectivity index (χ2v) is 7.47. The molecule has 2 aliphatic carbocycles. The fraction of sp³-hybridized carbons (Fsp3) is 0.571. The van der Waals surface area contributed by atoms with Crippen LogP contribution in [0.15, 0.2) is 39.5 Å². The average Bonchev–Trinajstić information content (AvgIpc) is 2.63. The van der Waals surface area contributed by atoms with Gasteiger partial charge in [-0.3, -0.25) is 0 Å². The molecule has 2 fully saturated rings. The Hall–Kier alpha value is -1.77. The zero-order valence-corrected chi connectivity index (χ0v) is 14.4. The normalized spacial score (nSPS) is 20.3. The Morgan fingerprint density at radius 1 is 0.792 bits per heavy atom. The lowest BCUT2D eigenvalue weighted by atomic mass is 9.88. The molecule has 0 atom stereocenters. The number of fused-ring (bicyclic) bond motifs is 1. The number of nitrogens with zero attached hydrogens (tertiary/aromatic N) is 1. The number of hydrogen-bond acceptors (Lipinski definition) is 3. The Kier molecular flexibility index (Phi) is 4.59. The Morgan fingerprint density at radius 3 is 2.00 bits per heavy atom. The molecule has 3 nitrogen and oxygen atoms in total. The molecule has 1 heterocycles. The molecule has 0 bridgehead atoms. The molecule has 0 saturated heterocycles. The molecule has 1 aromatic carbocycles. The summed E-state index contributed by atoms with van der Waals surface area (Å²) in [5, 5.41) is 1.01. The Bertz CT molecular complexity index is 721. The lowest BCUT2D eigenvalue weighted by Gasteiger charge is -2.43. The first-order chi connectivity index (χ1) is 11.8. The van der Waals surface area contributed by atoms with Gasteiger partial charge in [-0.15, -0.1) is 0 Å². The van der Waals surface area contributed by atoms with E-state index in [-0.39, 0.29) is 5.63 Å². The molecule has 2 aromatic rings. The third-order valence-electron chi connectivity index (χ3n) is 5.84. The van der Waals surface area contributed by atoms with Gasteiger partial charge in [0.25, 0.3) is 0 Å². The zero-order valence-electron chi connectivity index (χ0n) is 14.4. The molecule has 1 aromatic heterocycles. The molecule has 0 aliphatic heterocycles.